The quantitative estimate of drug-likeness (QED) is 0.846. The van der Waals surface area contributed by atoms with Crippen molar-refractivity contribution < 1.29 is 19.0 Å². The van der Waals surface area contributed by atoms with Crippen LogP contribution in [0.4, 0.5) is 0 Å². The maximum atomic E-state index is 12.9. The largest absolute Gasteiger partial charge is 0.482 e. The number of carbonyl (C=O) groups is 1. The minimum absolute atomic E-state index is 0.0766. The molecule has 2 aliphatic heterocycles. The van der Waals surface area contributed by atoms with Crippen LogP contribution in [0.15, 0.2) is 42.6 Å². The Hall–Kier alpha value is -2.83. The number of fused-ring (bicyclic) bond motifs is 1. The van der Waals surface area contributed by atoms with Gasteiger partial charge in [0.05, 0.1) is 6.54 Å². The number of para-hydroxylation sites is 2. The van der Waals surface area contributed by atoms with Crippen molar-refractivity contribution in [3.63, 3.8) is 0 Å². The van der Waals surface area contributed by atoms with Crippen molar-refractivity contribution in [3.05, 3.63) is 42.6 Å². The Morgan fingerprint density at radius 1 is 1.20 bits per heavy atom. The summed E-state index contributed by atoms with van der Waals surface area (Å²) in [6.07, 6.45) is 1.26. The molecule has 0 spiro atoms. The number of carbonyl (C=O) groups excluding carboxylic acids is 1. The van der Waals surface area contributed by atoms with Crippen LogP contribution in [0.2, 0.25) is 0 Å². The fraction of sp³-hybridized carbons (Fsp3) is 0.389. The molecule has 0 aliphatic carbocycles. The Bertz CT molecular complexity index is 755. The molecule has 1 amide bonds. The molecule has 4 rings (SSSR count). The Labute approximate surface area is 145 Å². The molecule has 0 bridgehead atoms. The van der Waals surface area contributed by atoms with E-state index in [1.54, 1.807) is 23.2 Å². The third kappa shape index (κ3) is 3.22. The number of hydrogen-bond acceptors (Lipinski definition) is 6. The van der Waals surface area contributed by atoms with Gasteiger partial charge in [-0.3, -0.25) is 4.79 Å². The molecule has 1 aromatic heterocycles. The van der Waals surface area contributed by atoms with E-state index in [1.807, 2.05) is 31.2 Å². The summed E-state index contributed by atoms with van der Waals surface area (Å²) in [7, 11) is 0. The summed E-state index contributed by atoms with van der Waals surface area (Å²) in [4.78, 5) is 14.6. The molecule has 130 valence electrons. The number of benzene rings is 1. The number of amides is 1. The van der Waals surface area contributed by atoms with Gasteiger partial charge >= 0.3 is 0 Å². The Kier molecular flexibility index (Phi) is 4.13. The van der Waals surface area contributed by atoms with Crippen molar-refractivity contribution in [3.8, 4) is 17.4 Å². The molecule has 0 N–H and O–H groups in total. The predicted molar refractivity (Wildman–Crippen MR) is 88.6 cm³/mol. The summed E-state index contributed by atoms with van der Waals surface area (Å²) in [5, 5.41) is 7.71. The van der Waals surface area contributed by atoms with Crippen molar-refractivity contribution in [1.29, 1.82) is 0 Å². The van der Waals surface area contributed by atoms with Crippen LogP contribution in [0, 0.1) is 0 Å². The van der Waals surface area contributed by atoms with E-state index >= 15 is 0 Å². The van der Waals surface area contributed by atoms with E-state index in [1.165, 1.54) is 0 Å². The molecule has 1 saturated heterocycles. The van der Waals surface area contributed by atoms with E-state index in [9.17, 15) is 4.79 Å². The molecule has 2 aromatic rings. The minimum Gasteiger partial charge on any atom is -0.482 e. The molecule has 3 atom stereocenters. The van der Waals surface area contributed by atoms with Gasteiger partial charge in [0, 0.05) is 25.2 Å². The first-order valence-corrected chi connectivity index (χ1v) is 8.36. The van der Waals surface area contributed by atoms with Gasteiger partial charge in [-0.05, 0) is 25.1 Å². The van der Waals surface area contributed by atoms with Crippen molar-refractivity contribution in [2.24, 2.45) is 0 Å². The molecule has 0 saturated carbocycles. The topological polar surface area (TPSA) is 73.8 Å². The van der Waals surface area contributed by atoms with E-state index in [4.69, 9.17) is 14.2 Å². The van der Waals surface area contributed by atoms with E-state index in [0.29, 0.717) is 30.5 Å². The van der Waals surface area contributed by atoms with Gasteiger partial charge < -0.3 is 19.1 Å². The highest BCUT2D eigenvalue weighted by molar-refractivity contribution is 5.82. The zero-order chi connectivity index (χ0) is 17.2. The van der Waals surface area contributed by atoms with Crippen LogP contribution in [0.1, 0.15) is 13.3 Å². The van der Waals surface area contributed by atoms with Gasteiger partial charge in [-0.25, -0.2) is 0 Å². The Balaban J connectivity index is 1.40. The summed E-state index contributed by atoms with van der Waals surface area (Å²) in [5.74, 6) is 1.67. The number of nitrogens with zero attached hydrogens (tertiary/aromatic N) is 3. The third-order valence-electron chi connectivity index (χ3n) is 4.38. The first kappa shape index (κ1) is 15.7. The van der Waals surface area contributed by atoms with E-state index < -0.39 is 6.10 Å². The number of aromatic nitrogens is 2. The second-order valence-electron chi connectivity index (χ2n) is 6.18. The summed E-state index contributed by atoms with van der Waals surface area (Å²) < 4.78 is 17.5. The molecular weight excluding hydrogens is 322 g/mol. The highest BCUT2D eigenvalue weighted by Crippen LogP contribution is 2.34. The van der Waals surface area contributed by atoms with Gasteiger partial charge in [0.25, 0.3) is 5.91 Å². The molecule has 7 nitrogen and oxygen atoms in total. The zero-order valence-corrected chi connectivity index (χ0v) is 13.9. The van der Waals surface area contributed by atoms with Gasteiger partial charge in [0.2, 0.25) is 12.0 Å². The molecule has 2 aliphatic rings. The lowest BCUT2D eigenvalue weighted by Crippen LogP contribution is -2.50. The standard InChI is InChI=1S/C18H19N3O4/c1-12-17(25-15-6-3-2-5-14(15)23-12)18(22)21-10-8-13(11-21)24-16-7-4-9-19-20-16/h2-7,9,12-13,17H,8,10-11H2,1H3/t12-,13-,17+/m0/s1. The van der Waals surface area contributed by atoms with Crippen molar-refractivity contribution in [2.45, 2.75) is 31.7 Å². The second-order valence-corrected chi connectivity index (χ2v) is 6.18. The van der Waals surface area contributed by atoms with Crippen molar-refractivity contribution in [1.82, 2.24) is 15.1 Å². The van der Waals surface area contributed by atoms with Gasteiger partial charge in [0.1, 0.15) is 12.2 Å². The minimum atomic E-state index is -0.648. The normalized spacial score (nSPS) is 24.8. The average molecular weight is 341 g/mol. The summed E-state index contributed by atoms with van der Waals surface area (Å²) in [6, 6.07) is 10.9. The molecule has 1 aromatic carbocycles. The lowest BCUT2D eigenvalue weighted by molar-refractivity contribution is -0.143. The molecule has 7 heteroatoms. The summed E-state index contributed by atoms with van der Waals surface area (Å²) in [6.45, 7) is 2.98. The fourth-order valence-electron chi connectivity index (χ4n) is 3.12. The van der Waals surface area contributed by atoms with Crippen LogP contribution < -0.4 is 14.2 Å². The average Bonchev–Trinajstić information content (AvgIpc) is 3.10. The molecule has 1 fully saturated rings. The number of rotatable bonds is 3. The van der Waals surface area contributed by atoms with Gasteiger partial charge in [-0.1, -0.05) is 12.1 Å². The number of ether oxygens (including phenoxy) is 3. The van der Waals surface area contributed by atoms with Gasteiger partial charge in [-0.2, -0.15) is 5.10 Å². The Morgan fingerprint density at radius 3 is 2.76 bits per heavy atom. The fourth-order valence-corrected chi connectivity index (χ4v) is 3.12. The van der Waals surface area contributed by atoms with Crippen LogP contribution in [-0.2, 0) is 4.79 Å². The van der Waals surface area contributed by atoms with Crippen LogP contribution >= 0.6 is 0 Å². The monoisotopic (exact) mass is 341 g/mol. The summed E-state index contributed by atoms with van der Waals surface area (Å²) >= 11 is 0. The third-order valence-corrected chi connectivity index (χ3v) is 4.38. The number of likely N-dealkylation sites (tertiary alicyclic amines) is 1. The Morgan fingerprint density at radius 2 is 2.00 bits per heavy atom. The highest BCUT2D eigenvalue weighted by atomic mass is 16.6. The molecule has 0 unspecified atom stereocenters. The van der Waals surface area contributed by atoms with E-state index in [2.05, 4.69) is 10.2 Å². The zero-order valence-electron chi connectivity index (χ0n) is 13.9. The SMILES string of the molecule is C[C@@H]1Oc2ccccc2O[C@H]1C(=O)N1CC[C@H](Oc2cccnn2)C1. The maximum Gasteiger partial charge on any atom is 0.267 e. The molecule has 25 heavy (non-hydrogen) atoms. The van der Waals surface area contributed by atoms with Crippen LogP contribution in [0.25, 0.3) is 0 Å². The maximum absolute atomic E-state index is 12.9. The lowest BCUT2D eigenvalue weighted by Gasteiger charge is -2.33. The highest BCUT2D eigenvalue weighted by Gasteiger charge is 2.39. The predicted octanol–water partition coefficient (Wildman–Crippen LogP) is 1.68. The van der Waals surface area contributed by atoms with Crippen molar-refractivity contribution >= 4 is 5.91 Å². The van der Waals surface area contributed by atoms with Gasteiger partial charge in [0.15, 0.2) is 11.5 Å². The smallest absolute Gasteiger partial charge is 0.267 e. The van der Waals surface area contributed by atoms with Crippen LogP contribution in [0.3, 0.4) is 0 Å². The second kappa shape index (κ2) is 6.58. The van der Waals surface area contributed by atoms with E-state index in [0.717, 1.165) is 6.42 Å². The van der Waals surface area contributed by atoms with Gasteiger partial charge in [-0.15, -0.1) is 5.10 Å². The van der Waals surface area contributed by atoms with Crippen LogP contribution in [0.5, 0.6) is 17.4 Å². The first-order valence-electron chi connectivity index (χ1n) is 8.36. The lowest BCUT2D eigenvalue weighted by atomic mass is 10.1. The van der Waals surface area contributed by atoms with Crippen molar-refractivity contribution in [2.75, 3.05) is 13.1 Å². The first-order chi connectivity index (χ1) is 12.2. The summed E-state index contributed by atoms with van der Waals surface area (Å²) in [5.41, 5.74) is 0. The van der Waals surface area contributed by atoms with E-state index in [-0.39, 0.29) is 18.1 Å². The number of hydrogen-bond donors (Lipinski definition) is 0. The van der Waals surface area contributed by atoms with Crippen LogP contribution in [-0.4, -0.2) is 52.4 Å². The molecule has 3 heterocycles. The molecular formula is C18H19N3O4. The molecule has 0 radical (unpaired) electrons.